The fourth-order valence-electron chi connectivity index (χ4n) is 1.70. The standard InChI is InChI=1S/C15H13ClFNOS/c16-13-4-1-10(2-5-13)8-19-9-12-7-11(15(18)20)3-6-14(12)17/h1-7H,8-9H2,(H2,18,20). The van der Waals surface area contributed by atoms with Gasteiger partial charge in [-0.05, 0) is 35.9 Å². The number of rotatable bonds is 5. The molecule has 0 aliphatic heterocycles. The zero-order valence-electron chi connectivity index (χ0n) is 10.6. The molecule has 0 atom stereocenters. The van der Waals surface area contributed by atoms with Crippen LogP contribution in [0.15, 0.2) is 42.5 Å². The van der Waals surface area contributed by atoms with Crippen molar-refractivity contribution in [3.8, 4) is 0 Å². The van der Waals surface area contributed by atoms with Gasteiger partial charge in [-0.3, -0.25) is 0 Å². The topological polar surface area (TPSA) is 35.2 Å². The monoisotopic (exact) mass is 309 g/mol. The van der Waals surface area contributed by atoms with Gasteiger partial charge in [-0.15, -0.1) is 0 Å². The van der Waals surface area contributed by atoms with E-state index in [1.54, 1.807) is 24.3 Å². The first-order valence-electron chi connectivity index (χ1n) is 5.96. The van der Waals surface area contributed by atoms with Gasteiger partial charge in [0.15, 0.2) is 0 Å². The van der Waals surface area contributed by atoms with Gasteiger partial charge in [0.1, 0.15) is 10.8 Å². The zero-order valence-corrected chi connectivity index (χ0v) is 12.2. The molecule has 104 valence electrons. The third-order valence-corrected chi connectivity index (χ3v) is 3.26. The number of thiocarbonyl (C=S) groups is 1. The maximum absolute atomic E-state index is 13.6. The van der Waals surface area contributed by atoms with Gasteiger partial charge in [-0.25, -0.2) is 4.39 Å². The normalized spacial score (nSPS) is 10.5. The first-order chi connectivity index (χ1) is 9.56. The van der Waals surface area contributed by atoms with Crippen molar-refractivity contribution in [2.24, 2.45) is 5.73 Å². The molecule has 2 nitrogen and oxygen atoms in total. The summed E-state index contributed by atoms with van der Waals surface area (Å²) >= 11 is 10.7. The minimum absolute atomic E-state index is 0.158. The minimum Gasteiger partial charge on any atom is -0.389 e. The molecule has 0 radical (unpaired) electrons. The molecule has 0 aliphatic rings. The lowest BCUT2D eigenvalue weighted by molar-refractivity contribution is 0.105. The molecule has 2 N–H and O–H groups in total. The highest BCUT2D eigenvalue weighted by atomic mass is 35.5. The summed E-state index contributed by atoms with van der Waals surface area (Å²) in [5, 5.41) is 0.670. The van der Waals surface area contributed by atoms with Crippen molar-refractivity contribution >= 4 is 28.8 Å². The molecule has 0 heterocycles. The lowest BCUT2D eigenvalue weighted by atomic mass is 10.1. The van der Waals surface area contributed by atoms with Gasteiger partial charge in [-0.1, -0.05) is 36.0 Å². The fourth-order valence-corrected chi connectivity index (χ4v) is 1.95. The molecule has 2 aromatic carbocycles. The van der Waals surface area contributed by atoms with E-state index in [4.69, 9.17) is 34.3 Å². The molecule has 0 saturated heterocycles. The third-order valence-electron chi connectivity index (χ3n) is 2.77. The van der Waals surface area contributed by atoms with E-state index in [0.29, 0.717) is 22.8 Å². The largest absolute Gasteiger partial charge is 0.389 e. The summed E-state index contributed by atoms with van der Waals surface area (Å²) in [6, 6.07) is 11.8. The van der Waals surface area contributed by atoms with E-state index in [-0.39, 0.29) is 17.4 Å². The molecule has 0 saturated carbocycles. The molecule has 0 aliphatic carbocycles. The molecular weight excluding hydrogens is 297 g/mol. The highest BCUT2D eigenvalue weighted by Crippen LogP contribution is 2.14. The average Bonchev–Trinajstić information content (AvgIpc) is 2.43. The van der Waals surface area contributed by atoms with Gasteiger partial charge in [0.2, 0.25) is 0 Å². The molecule has 5 heteroatoms. The van der Waals surface area contributed by atoms with Crippen LogP contribution in [0.3, 0.4) is 0 Å². The molecular formula is C15H13ClFNOS. The van der Waals surface area contributed by atoms with E-state index < -0.39 is 0 Å². The Balaban J connectivity index is 1.98. The average molecular weight is 310 g/mol. The fraction of sp³-hybridized carbons (Fsp3) is 0.133. The summed E-state index contributed by atoms with van der Waals surface area (Å²) in [4.78, 5) is 0.240. The predicted molar refractivity (Wildman–Crippen MR) is 82.2 cm³/mol. The first-order valence-corrected chi connectivity index (χ1v) is 6.75. The second kappa shape index (κ2) is 6.79. The Labute approximate surface area is 127 Å². The predicted octanol–water partition coefficient (Wildman–Crippen LogP) is 3.83. The van der Waals surface area contributed by atoms with Crippen molar-refractivity contribution in [1.82, 2.24) is 0 Å². The quantitative estimate of drug-likeness (QED) is 0.853. The Morgan fingerprint density at radius 2 is 1.85 bits per heavy atom. The Morgan fingerprint density at radius 3 is 2.50 bits per heavy atom. The maximum Gasteiger partial charge on any atom is 0.128 e. The lowest BCUT2D eigenvalue weighted by Crippen LogP contribution is -2.10. The van der Waals surface area contributed by atoms with Gasteiger partial charge < -0.3 is 10.5 Å². The SMILES string of the molecule is NC(=S)c1ccc(F)c(COCc2ccc(Cl)cc2)c1. The number of hydrogen-bond donors (Lipinski definition) is 1. The summed E-state index contributed by atoms with van der Waals surface area (Å²) in [5.74, 6) is -0.332. The van der Waals surface area contributed by atoms with Crippen LogP contribution in [0.2, 0.25) is 5.02 Å². The van der Waals surface area contributed by atoms with Crippen LogP contribution in [-0.4, -0.2) is 4.99 Å². The van der Waals surface area contributed by atoms with Crippen molar-refractivity contribution < 1.29 is 9.13 Å². The number of ether oxygens (including phenoxy) is 1. The van der Waals surface area contributed by atoms with Crippen LogP contribution in [0.1, 0.15) is 16.7 Å². The van der Waals surface area contributed by atoms with Gasteiger partial charge in [0.25, 0.3) is 0 Å². The third kappa shape index (κ3) is 4.00. The van der Waals surface area contributed by atoms with Crippen molar-refractivity contribution in [3.63, 3.8) is 0 Å². The molecule has 0 amide bonds. The van der Waals surface area contributed by atoms with Crippen LogP contribution in [-0.2, 0) is 18.0 Å². The van der Waals surface area contributed by atoms with Crippen molar-refractivity contribution in [2.45, 2.75) is 13.2 Å². The van der Waals surface area contributed by atoms with Crippen molar-refractivity contribution in [1.29, 1.82) is 0 Å². The van der Waals surface area contributed by atoms with Gasteiger partial charge in [0, 0.05) is 16.1 Å². The Morgan fingerprint density at radius 1 is 1.15 bits per heavy atom. The smallest absolute Gasteiger partial charge is 0.128 e. The molecule has 20 heavy (non-hydrogen) atoms. The van der Waals surface area contributed by atoms with E-state index in [1.807, 2.05) is 12.1 Å². The summed E-state index contributed by atoms with van der Waals surface area (Å²) in [6.45, 7) is 0.540. The van der Waals surface area contributed by atoms with E-state index >= 15 is 0 Å². The van der Waals surface area contributed by atoms with Crippen molar-refractivity contribution in [2.75, 3.05) is 0 Å². The number of hydrogen-bond acceptors (Lipinski definition) is 2. The van der Waals surface area contributed by atoms with E-state index in [0.717, 1.165) is 5.56 Å². The van der Waals surface area contributed by atoms with Crippen LogP contribution < -0.4 is 5.73 Å². The molecule has 2 aromatic rings. The molecule has 0 unspecified atom stereocenters. The van der Waals surface area contributed by atoms with Gasteiger partial charge in [-0.2, -0.15) is 0 Å². The summed E-state index contributed by atoms with van der Waals surface area (Å²) in [7, 11) is 0. The van der Waals surface area contributed by atoms with Crippen LogP contribution in [0, 0.1) is 5.82 Å². The van der Waals surface area contributed by atoms with Gasteiger partial charge in [0.05, 0.1) is 13.2 Å². The summed E-state index contributed by atoms with van der Waals surface area (Å²) in [5.41, 5.74) is 7.56. The number of benzene rings is 2. The van der Waals surface area contributed by atoms with Crippen molar-refractivity contribution in [3.05, 3.63) is 70.0 Å². The van der Waals surface area contributed by atoms with Crippen LogP contribution >= 0.6 is 23.8 Å². The Kier molecular flexibility index (Phi) is 5.06. The molecule has 0 fully saturated rings. The molecule has 0 spiro atoms. The zero-order chi connectivity index (χ0) is 14.5. The highest BCUT2D eigenvalue weighted by molar-refractivity contribution is 7.80. The molecule has 2 rings (SSSR count). The number of nitrogens with two attached hydrogens (primary N) is 1. The minimum atomic E-state index is -0.332. The van der Waals surface area contributed by atoms with Crippen LogP contribution in [0.4, 0.5) is 4.39 Å². The highest BCUT2D eigenvalue weighted by Gasteiger charge is 2.06. The number of halogens is 2. The van der Waals surface area contributed by atoms with E-state index in [9.17, 15) is 4.39 Å². The van der Waals surface area contributed by atoms with E-state index in [1.165, 1.54) is 6.07 Å². The molecule has 0 aromatic heterocycles. The second-order valence-corrected chi connectivity index (χ2v) is 5.17. The summed E-state index contributed by atoms with van der Waals surface area (Å²) in [6.07, 6.45) is 0. The molecule has 0 bridgehead atoms. The van der Waals surface area contributed by atoms with Crippen LogP contribution in [0.5, 0.6) is 0 Å². The summed E-state index contributed by atoms with van der Waals surface area (Å²) < 4.78 is 19.1. The Hall–Kier alpha value is -1.49. The first kappa shape index (κ1) is 14.9. The lowest BCUT2D eigenvalue weighted by Gasteiger charge is -2.08. The maximum atomic E-state index is 13.6. The second-order valence-electron chi connectivity index (χ2n) is 4.29. The Bertz CT molecular complexity index is 616. The van der Waals surface area contributed by atoms with Gasteiger partial charge >= 0.3 is 0 Å². The van der Waals surface area contributed by atoms with E-state index in [2.05, 4.69) is 0 Å². The van der Waals surface area contributed by atoms with Crippen LogP contribution in [0.25, 0.3) is 0 Å².